The zero-order valence-corrected chi connectivity index (χ0v) is 18.8. The average Bonchev–Trinajstić information content (AvgIpc) is 2.75. The van der Waals surface area contributed by atoms with E-state index in [0.717, 1.165) is 17.5 Å². The van der Waals surface area contributed by atoms with Gasteiger partial charge in [-0.2, -0.15) is 0 Å². The fourth-order valence-corrected chi connectivity index (χ4v) is 3.83. The molecule has 162 valence electrons. The summed E-state index contributed by atoms with van der Waals surface area (Å²) in [5.41, 5.74) is 2.09. The first kappa shape index (κ1) is 23.9. The topological polar surface area (TPSA) is 49.4 Å². The zero-order chi connectivity index (χ0) is 21.9. The molecule has 2 amide bonds. The highest BCUT2D eigenvalue weighted by molar-refractivity contribution is 7.99. The van der Waals surface area contributed by atoms with Crippen molar-refractivity contribution in [3.8, 4) is 0 Å². The summed E-state index contributed by atoms with van der Waals surface area (Å²) in [6, 6.07) is 15.8. The van der Waals surface area contributed by atoms with Gasteiger partial charge in [-0.1, -0.05) is 49.4 Å². The number of nitrogens with one attached hydrogen (secondary N) is 1. The summed E-state index contributed by atoms with van der Waals surface area (Å²) in [6.07, 6.45) is 1.53. The van der Waals surface area contributed by atoms with Gasteiger partial charge in [-0.05, 0) is 49.9 Å². The molecular weight excluding hydrogens is 399 g/mol. The number of hydrogen-bond acceptors (Lipinski definition) is 3. The molecule has 6 heteroatoms. The van der Waals surface area contributed by atoms with Crippen molar-refractivity contribution >= 4 is 23.6 Å². The molecule has 0 spiro atoms. The number of hydrogen-bond donors (Lipinski definition) is 1. The van der Waals surface area contributed by atoms with Crippen LogP contribution in [0, 0.1) is 5.82 Å². The number of rotatable bonds is 11. The molecule has 2 aromatic carbocycles. The molecule has 0 aliphatic carbocycles. The van der Waals surface area contributed by atoms with Crippen LogP contribution >= 0.6 is 11.8 Å². The van der Waals surface area contributed by atoms with Crippen molar-refractivity contribution in [2.45, 2.75) is 51.4 Å². The Labute approximate surface area is 183 Å². The van der Waals surface area contributed by atoms with E-state index in [1.165, 1.54) is 23.9 Å². The van der Waals surface area contributed by atoms with E-state index in [0.29, 0.717) is 18.7 Å². The van der Waals surface area contributed by atoms with E-state index in [4.69, 9.17) is 0 Å². The lowest BCUT2D eigenvalue weighted by molar-refractivity contribution is -0.138. The number of carbonyl (C=O) groups is 2. The Morgan fingerprint density at radius 1 is 1.03 bits per heavy atom. The van der Waals surface area contributed by atoms with E-state index in [2.05, 4.69) is 5.32 Å². The van der Waals surface area contributed by atoms with E-state index >= 15 is 0 Å². The highest BCUT2D eigenvalue weighted by atomic mass is 32.2. The minimum absolute atomic E-state index is 0.0650. The van der Waals surface area contributed by atoms with Crippen LogP contribution in [0.2, 0.25) is 0 Å². The fourth-order valence-electron chi connectivity index (χ4n) is 2.96. The second-order valence-corrected chi connectivity index (χ2v) is 8.42. The number of carbonyl (C=O) groups excluding carboxylic acids is 2. The van der Waals surface area contributed by atoms with Crippen molar-refractivity contribution in [2.24, 2.45) is 0 Å². The van der Waals surface area contributed by atoms with Gasteiger partial charge in [0.05, 0.1) is 5.75 Å². The Balaban J connectivity index is 1.99. The minimum Gasteiger partial charge on any atom is -0.352 e. The van der Waals surface area contributed by atoms with Crippen molar-refractivity contribution in [1.29, 1.82) is 0 Å². The SMILES string of the molecule is CC[C@@H](C)NC(=O)[C@H](C)N(CCc1ccccc1)C(=O)CSCc1ccc(F)cc1. The number of amides is 2. The van der Waals surface area contributed by atoms with Gasteiger partial charge in [0.1, 0.15) is 11.9 Å². The van der Waals surface area contributed by atoms with Gasteiger partial charge in [-0.25, -0.2) is 4.39 Å². The Morgan fingerprint density at radius 2 is 1.70 bits per heavy atom. The molecular formula is C24H31FN2O2S. The zero-order valence-electron chi connectivity index (χ0n) is 17.9. The normalized spacial score (nSPS) is 12.8. The Hall–Kier alpha value is -2.34. The maximum Gasteiger partial charge on any atom is 0.242 e. The summed E-state index contributed by atoms with van der Waals surface area (Å²) in [5.74, 6) is 0.422. The quantitative estimate of drug-likeness (QED) is 0.574. The first-order valence-corrected chi connectivity index (χ1v) is 11.5. The number of nitrogens with zero attached hydrogens (tertiary/aromatic N) is 1. The molecule has 0 fully saturated rings. The maximum absolute atomic E-state index is 13.0. The second kappa shape index (κ2) is 12.4. The molecule has 2 rings (SSSR count). The lowest BCUT2D eigenvalue weighted by Crippen LogP contribution is -2.51. The Bertz CT molecular complexity index is 799. The van der Waals surface area contributed by atoms with Crippen molar-refractivity contribution in [1.82, 2.24) is 10.2 Å². The summed E-state index contributed by atoms with van der Waals surface area (Å²) in [5, 5.41) is 2.97. The molecule has 0 aromatic heterocycles. The summed E-state index contributed by atoms with van der Waals surface area (Å²) in [7, 11) is 0. The lowest BCUT2D eigenvalue weighted by Gasteiger charge is -2.29. The molecule has 0 saturated carbocycles. The fraction of sp³-hybridized carbons (Fsp3) is 0.417. The molecule has 0 saturated heterocycles. The van der Waals surface area contributed by atoms with Gasteiger partial charge in [-0.3, -0.25) is 9.59 Å². The van der Waals surface area contributed by atoms with Gasteiger partial charge in [0, 0.05) is 18.3 Å². The molecule has 0 heterocycles. The van der Waals surface area contributed by atoms with Crippen molar-refractivity contribution in [3.63, 3.8) is 0 Å². The van der Waals surface area contributed by atoms with Crippen molar-refractivity contribution in [3.05, 3.63) is 71.5 Å². The lowest BCUT2D eigenvalue weighted by atomic mass is 10.1. The minimum atomic E-state index is -0.540. The van der Waals surface area contributed by atoms with Crippen molar-refractivity contribution < 1.29 is 14.0 Å². The van der Waals surface area contributed by atoms with E-state index in [9.17, 15) is 14.0 Å². The predicted octanol–water partition coefficient (Wildman–Crippen LogP) is 4.43. The van der Waals surface area contributed by atoms with Crippen LogP contribution in [-0.2, 0) is 21.8 Å². The predicted molar refractivity (Wildman–Crippen MR) is 122 cm³/mol. The molecule has 1 N–H and O–H groups in total. The molecule has 30 heavy (non-hydrogen) atoms. The van der Waals surface area contributed by atoms with E-state index in [1.54, 1.807) is 24.0 Å². The van der Waals surface area contributed by atoms with Gasteiger partial charge < -0.3 is 10.2 Å². The summed E-state index contributed by atoms with van der Waals surface area (Å²) < 4.78 is 13.0. The first-order valence-electron chi connectivity index (χ1n) is 10.4. The third kappa shape index (κ3) is 7.82. The van der Waals surface area contributed by atoms with Gasteiger partial charge in [0.2, 0.25) is 11.8 Å². The van der Waals surface area contributed by atoms with Crippen LogP contribution in [-0.4, -0.2) is 41.1 Å². The highest BCUT2D eigenvalue weighted by Crippen LogP contribution is 2.15. The summed E-state index contributed by atoms with van der Waals surface area (Å²) in [6.45, 7) is 6.24. The van der Waals surface area contributed by atoms with E-state index in [1.807, 2.05) is 44.2 Å². The summed E-state index contributed by atoms with van der Waals surface area (Å²) in [4.78, 5) is 27.3. The molecule has 2 atom stereocenters. The van der Waals surface area contributed by atoms with Crippen LogP contribution in [0.15, 0.2) is 54.6 Å². The van der Waals surface area contributed by atoms with E-state index < -0.39 is 6.04 Å². The first-order chi connectivity index (χ1) is 14.4. The van der Waals surface area contributed by atoms with Crippen LogP contribution in [0.1, 0.15) is 38.3 Å². The van der Waals surface area contributed by atoms with Crippen LogP contribution in [0.5, 0.6) is 0 Å². The van der Waals surface area contributed by atoms with E-state index in [-0.39, 0.29) is 29.4 Å². The molecule has 0 bridgehead atoms. The molecule has 4 nitrogen and oxygen atoms in total. The standard InChI is InChI=1S/C24H31FN2O2S/c1-4-18(2)26-24(29)19(3)27(15-14-20-8-6-5-7-9-20)23(28)17-30-16-21-10-12-22(25)13-11-21/h5-13,18-19H,4,14-17H2,1-3H3,(H,26,29)/t18-,19+/m1/s1. The number of halogens is 1. The van der Waals surface area contributed by atoms with Gasteiger partial charge >= 0.3 is 0 Å². The Morgan fingerprint density at radius 3 is 2.33 bits per heavy atom. The smallest absolute Gasteiger partial charge is 0.242 e. The monoisotopic (exact) mass is 430 g/mol. The maximum atomic E-state index is 13.0. The third-order valence-electron chi connectivity index (χ3n) is 5.06. The highest BCUT2D eigenvalue weighted by Gasteiger charge is 2.26. The molecule has 0 aliphatic rings. The summed E-state index contributed by atoms with van der Waals surface area (Å²) >= 11 is 1.47. The largest absolute Gasteiger partial charge is 0.352 e. The van der Waals surface area contributed by atoms with Gasteiger partial charge in [0.25, 0.3) is 0 Å². The van der Waals surface area contributed by atoms with Gasteiger partial charge in [-0.15, -0.1) is 11.8 Å². The number of benzene rings is 2. The molecule has 2 aromatic rings. The molecule has 0 unspecified atom stereocenters. The average molecular weight is 431 g/mol. The molecule has 0 aliphatic heterocycles. The second-order valence-electron chi connectivity index (χ2n) is 7.44. The van der Waals surface area contributed by atoms with Crippen LogP contribution < -0.4 is 5.32 Å². The van der Waals surface area contributed by atoms with Crippen LogP contribution in [0.25, 0.3) is 0 Å². The number of thioether (sulfide) groups is 1. The molecule has 0 radical (unpaired) electrons. The van der Waals surface area contributed by atoms with Crippen LogP contribution in [0.4, 0.5) is 4.39 Å². The van der Waals surface area contributed by atoms with Gasteiger partial charge in [0.15, 0.2) is 0 Å². The Kier molecular flexibility index (Phi) is 9.87. The third-order valence-corrected chi connectivity index (χ3v) is 6.05. The van der Waals surface area contributed by atoms with Crippen LogP contribution in [0.3, 0.4) is 0 Å². The van der Waals surface area contributed by atoms with Crippen molar-refractivity contribution in [2.75, 3.05) is 12.3 Å².